The van der Waals surface area contributed by atoms with Gasteiger partial charge < -0.3 is 19.5 Å². The van der Waals surface area contributed by atoms with Gasteiger partial charge in [-0.25, -0.2) is 4.79 Å². The molecule has 3 aliphatic heterocycles. The Morgan fingerprint density at radius 1 is 1.06 bits per heavy atom. The average molecular weight is 455 g/mol. The van der Waals surface area contributed by atoms with Crippen molar-refractivity contribution in [1.82, 2.24) is 9.80 Å². The molecule has 5 rings (SSSR count). The summed E-state index contributed by atoms with van der Waals surface area (Å²) in [7, 11) is 4.50. The Kier molecular flexibility index (Phi) is 4.70. The van der Waals surface area contributed by atoms with Gasteiger partial charge in [0, 0.05) is 17.0 Å². The van der Waals surface area contributed by atoms with Gasteiger partial charge in [-0.05, 0) is 23.8 Å². The van der Waals surface area contributed by atoms with Crippen molar-refractivity contribution in [2.45, 2.75) is 17.5 Å². The number of thioether (sulfide) groups is 1. The summed E-state index contributed by atoms with van der Waals surface area (Å²) in [6, 6.07) is 9.47. The summed E-state index contributed by atoms with van der Waals surface area (Å²) in [5.41, 5.74) is 2.00. The zero-order valence-corrected chi connectivity index (χ0v) is 18.5. The first-order valence-electron chi connectivity index (χ1n) is 9.94. The summed E-state index contributed by atoms with van der Waals surface area (Å²) >= 11 is 1.32. The van der Waals surface area contributed by atoms with E-state index in [1.807, 2.05) is 18.2 Å². The van der Waals surface area contributed by atoms with E-state index in [4.69, 9.17) is 14.2 Å². The number of methoxy groups -OCH3 is 3. The van der Waals surface area contributed by atoms with Crippen LogP contribution in [0.5, 0.6) is 17.2 Å². The molecular formula is C22H21N3O6S. The van der Waals surface area contributed by atoms with Crippen molar-refractivity contribution in [1.29, 1.82) is 0 Å². The molecule has 0 saturated carbocycles. The van der Waals surface area contributed by atoms with Crippen molar-refractivity contribution < 1.29 is 28.6 Å². The molecule has 2 saturated heterocycles. The monoisotopic (exact) mass is 455 g/mol. The third-order valence-electron chi connectivity index (χ3n) is 6.00. The van der Waals surface area contributed by atoms with Crippen molar-refractivity contribution in [2.24, 2.45) is 0 Å². The molecule has 2 aromatic carbocycles. The third-order valence-corrected chi connectivity index (χ3v) is 7.50. The van der Waals surface area contributed by atoms with Crippen LogP contribution < -0.4 is 19.5 Å². The molecule has 4 amide bonds. The zero-order chi connectivity index (χ0) is 22.6. The Labute approximate surface area is 188 Å². The predicted octanol–water partition coefficient (Wildman–Crippen LogP) is 2.40. The Morgan fingerprint density at radius 3 is 2.41 bits per heavy atom. The van der Waals surface area contributed by atoms with E-state index < -0.39 is 16.9 Å². The van der Waals surface area contributed by atoms with Crippen LogP contribution in [0.4, 0.5) is 10.5 Å². The molecule has 10 heteroatoms. The normalized spacial score (nSPS) is 23.5. The number of fused-ring (bicyclic) bond motifs is 4. The molecule has 32 heavy (non-hydrogen) atoms. The number of rotatable bonds is 5. The lowest BCUT2D eigenvalue weighted by atomic mass is 10.1. The molecule has 166 valence electrons. The number of anilines is 1. The number of hydrogen-bond acceptors (Lipinski definition) is 7. The zero-order valence-electron chi connectivity index (χ0n) is 17.7. The molecule has 0 radical (unpaired) electrons. The standard InChI is InChI=1S/C22H21N3O6S/c1-29-16-8-12(9-17(30-2)18(16)31-3)10-24-19(26)15-11-32-22(25(15)21(24)28)13-6-4-5-7-14(13)23-20(22)27/h4-9,15H,10-11H2,1-3H3,(H,23,27)/t15-,22+/m0/s1. The molecule has 0 unspecified atom stereocenters. The highest BCUT2D eigenvalue weighted by Gasteiger charge is 2.66. The quantitative estimate of drug-likeness (QED) is 0.692. The molecule has 0 bridgehead atoms. The lowest BCUT2D eigenvalue weighted by Crippen LogP contribution is -2.49. The van der Waals surface area contributed by atoms with Gasteiger partial charge in [-0.2, -0.15) is 0 Å². The molecule has 2 aromatic rings. The predicted molar refractivity (Wildman–Crippen MR) is 117 cm³/mol. The number of imide groups is 1. The van der Waals surface area contributed by atoms with Crippen LogP contribution in [-0.2, 0) is 21.0 Å². The highest BCUT2D eigenvalue weighted by molar-refractivity contribution is 8.01. The van der Waals surface area contributed by atoms with E-state index in [0.717, 1.165) is 0 Å². The molecule has 2 fully saturated rings. The van der Waals surface area contributed by atoms with Crippen molar-refractivity contribution in [3.63, 3.8) is 0 Å². The number of ether oxygens (including phenoxy) is 3. The summed E-state index contributed by atoms with van der Waals surface area (Å²) in [6.45, 7) is 0.0192. The van der Waals surface area contributed by atoms with Gasteiger partial charge in [0.2, 0.25) is 5.75 Å². The third kappa shape index (κ3) is 2.62. The van der Waals surface area contributed by atoms with E-state index in [1.165, 1.54) is 42.9 Å². The summed E-state index contributed by atoms with van der Waals surface area (Å²) in [4.78, 5) is 41.1. The molecule has 3 heterocycles. The molecule has 1 spiro atoms. The maximum absolute atomic E-state index is 13.5. The summed E-state index contributed by atoms with van der Waals surface area (Å²) in [5, 5.41) is 2.86. The highest BCUT2D eigenvalue weighted by Crippen LogP contribution is 2.55. The minimum Gasteiger partial charge on any atom is -0.493 e. The number of hydrogen-bond donors (Lipinski definition) is 1. The van der Waals surface area contributed by atoms with Gasteiger partial charge in [-0.15, -0.1) is 11.8 Å². The van der Waals surface area contributed by atoms with E-state index in [-0.39, 0.29) is 18.4 Å². The Hall–Kier alpha value is -3.40. The number of benzene rings is 2. The van der Waals surface area contributed by atoms with Crippen LogP contribution in [0, 0.1) is 0 Å². The molecule has 2 atom stereocenters. The topological polar surface area (TPSA) is 97.4 Å². The minimum atomic E-state index is -1.24. The fourth-order valence-electron chi connectivity index (χ4n) is 4.57. The van der Waals surface area contributed by atoms with Crippen LogP contribution in [0.1, 0.15) is 11.1 Å². The van der Waals surface area contributed by atoms with Gasteiger partial charge in [0.25, 0.3) is 11.8 Å². The SMILES string of the molecule is COc1cc(CN2C(=O)[C@@H]3CS[C@]4(C(=O)Nc5ccccc54)N3C2=O)cc(OC)c1OC. The molecule has 1 N–H and O–H groups in total. The van der Waals surface area contributed by atoms with E-state index in [1.54, 1.807) is 18.2 Å². The van der Waals surface area contributed by atoms with E-state index in [2.05, 4.69) is 5.32 Å². The van der Waals surface area contributed by atoms with E-state index in [0.29, 0.717) is 39.8 Å². The van der Waals surface area contributed by atoms with Crippen LogP contribution in [0.2, 0.25) is 0 Å². The van der Waals surface area contributed by atoms with Gasteiger partial charge in [-0.1, -0.05) is 18.2 Å². The number of nitrogens with one attached hydrogen (secondary N) is 1. The molecule has 0 aromatic heterocycles. The fraction of sp³-hybridized carbons (Fsp3) is 0.318. The Balaban J connectivity index is 1.51. The van der Waals surface area contributed by atoms with Crippen LogP contribution in [0.25, 0.3) is 0 Å². The largest absolute Gasteiger partial charge is 0.493 e. The number of carbonyl (C=O) groups is 3. The van der Waals surface area contributed by atoms with Crippen LogP contribution in [0.15, 0.2) is 36.4 Å². The number of nitrogens with zero attached hydrogens (tertiary/aromatic N) is 2. The first-order valence-corrected chi connectivity index (χ1v) is 10.9. The van der Waals surface area contributed by atoms with Crippen molar-refractivity contribution in [3.05, 3.63) is 47.5 Å². The highest BCUT2D eigenvalue weighted by atomic mass is 32.2. The van der Waals surface area contributed by atoms with Gasteiger partial charge >= 0.3 is 6.03 Å². The maximum Gasteiger partial charge on any atom is 0.329 e. The van der Waals surface area contributed by atoms with Crippen molar-refractivity contribution in [2.75, 3.05) is 32.4 Å². The van der Waals surface area contributed by atoms with Gasteiger partial charge in [0.1, 0.15) is 6.04 Å². The van der Waals surface area contributed by atoms with Gasteiger partial charge in [0.15, 0.2) is 16.4 Å². The van der Waals surface area contributed by atoms with Crippen molar-refractivity contribution >= 4 is 35.3 Å². The first kappa shape index (κ1) is 20.5. The van der Waals surface area contributed by atoms with Gasteiger partial charge in [-0.3, -0.25) is 19.4 Å². The van der Waals surface area contributed by atoms with Crippen LogP contribution in [-0.4, -0.2) is 60.8 Å². The average Bonchev–Trinajstić information content (AvgIpc) is 3.42. The lowest BCUT2D eigenvalue weighted by Gasteiger charge is -2.31. The second-order valence-electron chi connectivity index (χ2n) is 7.58. The first-order chi connectivity index (χ1) is 15.5. The Bertz CT molecular complexity index is 1130. The number of amides is 4. The number of carbonyl (C=O) groups excluding carboxylic acids is 3. The summed E-state index contributed by atoms with van der Waals surface area (Å²) in [6.07, 6.45) is 0. The molecule has 9 nitrogen and oxygen atoms in total. The second-order valence-corrected chi connectivity index (χ2v) is 8.79. The smallest absolute Gasteiger partial charge is 0.329 e. The molecular weight excluding hydrogens is 434 g/mol. The number of para-hydroxylation sites is 1. The van der Waals surface area contributed by atoms with Crippen LogP contribution >= 0.6 is 11.8 Å². The number of urea groups is 1. The van der Waals surface area contributed by atoms with E-state index in [9.17, 15) is 14.4 Å². The minimum absolute atomic E-state index is 0.0192. The lowest BCUT2D eigenvalue weighted by molar-refractivity contribution is -0.128. The van der Waals surface area contributed by atoms with Crippen molar-refractivity contribution in [3.8, 4) is 17.2 Å². The molecule has 0 aliphatic carbocycles. The van der Waals surface area contributed by atoms with Crippen LogP contribution in [0.3, 0.4) is 0 Å². The Morgan fingerprint density at radius 2 is 1.75 bits per heavy atom. The fourth-order valence-corrected chi connectivity index (χ4v) is 6.12. The second kappa shape index (κ2) is 7.33. The maximum atomic E-state index is 13.5. The summed E-state index contributed by atoms with van der Waals surface area (Å²) < 4.78 is 16.1. The van der Waals surface area contributed by atoms with E-state index >= 15 is 0 Å². The summed E-state index contributed by atoms with van der Waals surface area (Å²) in [5.74, 6) is 0.994. The molecule has 3 aliphatic rings. The van der Waals surface area contributed by atoms with Gasteiger partial charge in [0.05, 0.1) is 27.9 Å².